The molecule has 2 aromatic rings. The fourth-order valence-corrected chi connectivity index (χ4v) is 4.31. The maximum absolute atomic E-state index is 12.6. The topological polar surface area (TPSA) is 83.5 Å². The zero-order chi connectivity index (χ0) is 18.8. The molecule has 0 unspecified atom stereocenters. The first-order valence-corrected chi connectivity index (χ1v) is 10.0. The lowest BCUT2D eigenvalue weighted by atomic mass is 10.2. The van der Waals surface area contributed by atoms with Gasteiger partial charge in [-0.1, -0.05) is 17.4 Å². The number of carbonyl (C=O) groups excluding carboxylic acids is 1. The number of benzene rings is 1. The molecule has 25 heavy (non-hydrogen) atoms. The van der Waals surface area contributed by atoms with Crippen LogP contribution in [0.1, 0.15) is 34.2 Å². The summed E-state index contributed by atoms with van der Waals surface area (Å²) < 4.78 is 26.5. The van der Waals surface area contributed by atoms with Crippen molar-refractivity contribution in [3.63, 3.8) is 0 Å². The van der Waals surface area contributed by atoms with E-state index < -0.39 is 10.0 Å². The fourth-order valence-electron chi connectivity index (χ4n) is 2.13. The van der Waals surface area contributed by atoms with Crippen LogP contribution in [-0.2, 0) is 16.6 Å². The highest BCUT2D eigenvalue weighted by Crippen LogP contribution is 2.19. The largest absolute Gasteiger partial charge is 0.335 e. The second-order valence-corrected chi connectivity index (χ2v) is 9.28. The van der Waals surface area contributed by atoms with Gasteiger partial charge in [0.05, 0.1) is 11.4 Å². The molecule has 2 rings (SSSR count). The van der Waals surface area contributed by atoms with Crippen molar-refractivity contribution in [1.82, 2.24) is 19.4 Å². The molecule has 0 radical (unpaired) electrons. The van der Waals surface area contributed by atoms with Gasteiger partial charge in [-0.25, -0.2) is 8.42 Å². The van der Waals surface area contributed by atoms with Crippen LogP contribution in [0.4, 0.5) is 0 Å². The molecule has 1 aromatic heterocycles. The van der Waals surface area contributed by atoms with Crippen molar-refractivity contribution in [3.05, 3.63) is 39.8 Å². The molecular weight excluding hydrogens is 360 g/mol. The van der Waals surface area contributed by atoms with Crippen molar-refractivity contribution in [2.75, 3.05) is 14.1 Å². The molecule has 1 amide bonds. The average molecular weight is 383 g/mol. The van der Waals surface area contributed by atoms with Gasteiger partial charge >= 0.3 is 0 Å². The molecule has 0 atom stereocenters. The van der Waals surface area contributed by atoms with Crippen LogP contribution >= 0.6 is 11.3 Å². The molecule has 0 bridgehead atoms. The van der Waals surface area contributed by atoms with E-state index in [2.05, 4.69) is 10.2 Å². The first kappa shape index (κ1) is 19.5. The normalized spacial score (nSPS) is 12.0. The van der Waals surface area contributed by atoms with E-state index in [1.807, 2.05) is 6.92 Å². The maximum atomic E-state index is 12.6. The van der Waals surface area contributed by atoms with Gasteiger partial charge in [0.1, 0.15) is 10.0 Å². The Morgan fingerprint density at radius 2 is 1.92 bits per heavy atom. The van der Waals surface area contributed by atoms with E-state index in [1.54, 1.807) is 33.0 Å². The summed E-state index contributed by atoms with van der Waals surface area (Å²) in [5.41, 5.74) is 0.321. The van der Waals surface area contributed by atoms with Crippen molar-refractivity contribution in [3.8, 4) is 0 Å². The second kappa shape index (κ2) is 7.59. The Hall–Kier alpha value is -1.84. The molecule has 0 fully saturated rings. The highest BCUT2D eigenvalue weighted by molar-refractivity contribution is 7.89. The Bertz CT molecular complexity index is 862. The quantitative estimate of drug-likeness (QED) is 0.764. The molecule has 0 spiro atoms. The summed E-state index contributed by atoms with van der Waals surface area (Å²) in [4.78, 5) is 14.2. The summed E-state index contributed by atoms with van der Waals surface area (Å²) in [5, 5.41) is 9.50. The predicted octanol–water partition coefficient (Wildman–Crippen LogP) is 2.15. The lowest BCUT2D eigenvalue weighted by Gasteiger charge is -2.21. The molecule has 0 saturated carbocycles. The smallest absolute Gasteiger partial charge is 0.254 e. The van der Waals surface area contributed by atoms with Crippen LogP contribution in [0.3, 0.4) is 0 Å². The van der Waals surface area contributed by atoms with Crippen molar-refractivity contribution in [2.45, 2.75) is 38.3 Å². The van der Waals surface area contributed by atoms with Crippen LogP contribution in [0.2, 0.25) is 0 Å². The van der Waals surface area contributed by atoms with E-state index in [4.69, 9.17) is 0 Å². The number of carbonyl (C=O) groups is 1. The molecule has 136 valence electrons. The fraction of sp³-hybridized carbons (Fsp3) is 0.438. The number of hydrogen-bond acceptors (Lipinski definition) is 6. The average Bonchev–Trinajstić information content (AvgIpc) is 2.98. The summed E-state index contributed by atoms with van der Waals surface area (Å²) in [6.07, 6.45) is 0. The van der Waals surface area contributed by atoms with Gasteiger partial charge in [0, 0.05) is 25.7 Å². The Kier molecular flexibility index (Phi) is 5.91. The summed E-state index contributed by atoms with van der Waals surface area (Å²) >= 11 is 1.42. The molecule has 0 aliphatic heterocycles. The molecule has 0 aliphatic rings. The summed E-state index contributed by atoms with van der Waals surface area (Å²) in [5.74, 6) is -0.267. The van der Waals surface area contributed by atoms with Gasteiger partial charge in [-0.05, 0) is 39.0 Å². The van der Waals surface area contributed by atoms with E-state index in [9.17, 15) is 13.2 Å². The van der Waals surface area contributed by atoms with Crippen molar-refractivity contribution in [1.29, 1.82) is 0 Å². The number of rotatable bonds is 6. The molecule has 7 nitrogen and oxygen atoms in total. The van der Waals surface area contributed by atoms with Gasteiger partial charge in [-0.15, -0.1) is 10.2 Å². The van der Waals surface area contributed by atoms with Crippen LogP contribution in [-0.4, -0.2) is 53.9 Å². The summed E-state index contributed by atoms with van der Waals surface area (Å²) in [7, 11) is -0.454. The Morgan fingerprint density at radius 3 is 2.48 bits per heavy atom. The number of amides is 1. The lowest BCUT2D eigenvalue weighted by molar-refractivity contribution is 0.0784. The third-order valence-electron chi connectivity index (χ3n) is 3.77. The van der Waals surface area contributed by atoms with Crippen molar-refractivity contribution >= 4 is 27.3 Å². The minimum Gasteiger partial charge on any atom is -0.335 e. The van der Waals surface area contributed by atoms with Gasteiger partial charge in [-0.2, -0.15) is 4.31 Å². The zero-order valence-electron chi connectivity index (χ0n) is 14.9. The second-order valence-electron chi connectivity index (χ2n) is 6.02. The minimum atomic E-state index is -3.63. The SMILES string of the molecule is Cc1nnc(CN(C)C(=O)c2cccc(S(=O)(=O)N(C)C(C)C)c2)s1. The lowest BCUT2D eigenvalue weighted by Crippen LogP contribution is -2.33. The van der Waals surface area contributed by atoms with E-state index in [0.717, 1.165) is 10.0 Å². The number of sulfonamides is 1. The predicted molar refractivity (Wildman–Crippen MR) is 97.0 cm³/mol. The highest BCUT2D eigenvalue weighted by Gasteiger charge is 2.24. The van der Waals surface area contributed by atoms with Crippen molar-refractivity contribution in [2.24, 2.45) is 0 Å². The Balaban J connectivity index is 2.24. The number of aryl methyl sites for hydroxylation is 1. The Labute approximate surface area is 152 Å². The molecule has 9 heteroatoms. The molecular formula is C16H22N4O3S2. The van der Waals surface area contributed by atoms with Gasteiger partial charge in [0.15, 0.2) is 0 Å². The molecule has 0 N–H and O–H groups in total. The summed E-state index contributed by atoms with van der Waals surface area (Å²) in [6.45, 7) is 5.77. The van der Waals surface area contributed by atoms with Gasteiger partial charge in [-0.3, -0.25) is 4.79 Å². The third-order valence-corrected chi connectivity index (χ3v) is 6.63. The molecule has 1 heterocycles. The monoisotopic (exact) mass is 382 g/mol. The van der Waals surface area contributed by atoms with Crippen LogP contribution in [0, 0.1) is 6.92 Å². The van der Waals surface area contributed by atoms with Crippen LogP contribution in [0.15, 0.2) is 29.2 Å². The van der Waals surface area contributed by atoms with Gasteiger partial charge in [0.25, 0.3) is 5.91 Å². The van der Waals surface area contributed by atoms with Crippen molar-refractivity contribution < 1.29 is 13.2 Å². The zero-order valence-corrected chi connectivity index (χ0v) is 16.6. The van der Waals surface area contributed by atoms with Crippen LogP contribution in [0.25, 0.3) is 0 Å². The van der Waals surface area contributed by atoms with E-state index in [1.165, 1.54) is 39.7 Å². The van der Waals surface area contributed by atoms with Crippen LogP contribution in [0.5, 0.6) is 0 Å². The summed E-state index contributed by atoms with van der Waals surface area (Å²) in [6, 6.07) is 5.93. The van der Waals surface area contributed by atoms with Crippen LogP contribution < -0.4 is 0 Å². The Morgan fingerprint density at radius 1 is 1.24 bits per heavy atom. The van der Waals surface area contributed by atoms with Gasteiger partial charge in [0.2, 0.25) is 10.0 Å². The first-order chi connectivity index (χ1) is 11.6. The van der Waals surface area contributed by atoms with E-state index in [0.29, 0.717) is 12.1 Å². The van der Waals surface area contributed by atoms with Gasteiger partial charge < -0.3 is 4.90 Å². The number of aromatic nitrogens is 2. The third kappa shape index (κ3) is 4.42. The highest BCUT2D eigenvalue weighted by atomic mass is 32.2. The molecule has 0 aliphatic carbocycles. The number of hydrogen-bond donors (Lipinski definition) is 0. The standard InChI is InChI=1S/C16H22N4O3S2/c1-11(2)20(5)25(22,23)14-8-6-7-13(9-14)16(21)19(4)10-15-18-17-12(3)24-15/h6-9,11H,10H2,1-5H3. The molecule has 1 aromatic carbocycles. The minimum absolute atomic E-state index is 0.106. The first-order valence-electron chi connectivity index (χ1n) is 7.75. The van der Waals surface area contributed by atoms with E-state index >= 15 is 0 Å². The maximum Gasteiger partial charge on any atom is 0.254 e. The molecule has 0 saturated heterocycles. The van der Waals surface area contributed by atoms with E-state index in [-0.39, 0.29) is 16.8 Å². The number of nitrogens with zero attached hydrogens (tertiary/aromatic N) is 4.